The molecule has 2 N–H and O–H groups in total. The van der Waals surface area contributed by atoms with E-state index in [1.54, 1.807) is 18.1 Å². The Bertz CT molecular complexity index is 742. The molecule has 1 aromatic carbocycles. The van der Waals surface area contributed by atoms with Crippen LogP contribution in [0.4, 0.5) is 0 Å². The number of hydrogen-bond donors (Lipinski definition) is 2. The number of likely N-dealkylation sites (N-methyl/N-ethyl adjacent to an activating group) is 1. The number of nitrogens with zero attached hydrogens (tertiary/aromatic N) is 3. The summed E-state index contributed by atoms with van der Waals surface area (Å²) < 4.78 is 1.64. The van der Waals surface area contributed by atoms with Crippen LogP contribution in [0, 0.1) is 11.8 Å². The lowest BCUT2D eigenvalue weighted by Gasteiger charge is -2.16. The van der Waals surface area contributed by atoms with Crippen molar-refractivity contribution < 1.29 is 9.59 Å². The Labute approximate surface area is 140 Å². The standard InChI is InChI=1S/C17H19N5O2/c1-13(23)21-16(17(24)18-2)10-15-7-5-14(6-8-15)4-3-9-22-12-19-11-20-22/h5-8,11-12,16H,9-10H2,1-2H3,(H,18,24)(H,21,23). The minimum atomic E-state index is -0.586. The highest BCUT2D eigenvalue weighted by Crippen LogP contribution is 2.07. The molecule has 24 heavy (non-hydrogen) atoms. The van der Waals surface area contributed by atoms with Crippen LogP contribution in [-0.2, 0) is 22.6 Å². The van der Waals surface area contributed by atoms with Crippen LogP contribution in [0.1, 0.15) is 18.1 Å². The lowest BCUT2D eigenvalue weighted by atomic mass is 10.0. The maximum atomic E-state index is 11.8. The van der Waals surface area contributed by atoms with Gasteiger partial charge in [-0.25, -0.2) is 9.67 Å². The van der Waals surface area contributed by atoms with Gasteiger partial charge in [-0.2, -0.15) is 5.10 Å². The summed E-state index contributed by atoms with van der Waals surface area (Å²) >= 11 is 0. The van der Waals surface area contributed by atoms with Gasteiger partial charge in [0, 0.05) is 26.0 Å². The second-order valence-electron chi connectivity index (χ2n) is 5.16. The van der Waals surface area contributed by atoms with Crippen LogP contribution in [0.2, 0.25) is 0 Å². The number of amides is 2. The average molecular weight is 325 g/mol. The number of hydrogen-bond acceptors (Lipinski definition) is 4. The molecule has 124 valence electrons. The fourth-order valence-corrected chi connectivity index (χ4v) is 2.13. The molecule has 0 saturated heterocycles. The van der Waals surface area contributed by atoms with Crippen LogP contribution in [-0.4, -0.2) is 39.7 Å². The van der Waals surface area contributed by atoms with Gasteiger partial charge in [0.15, 0.2) is 0 Å². The molecule has 2 rings (SSSR count). The monoisotopic (exact) mass is 325 g/mol. The largest absolute Gasteiger partial charge is 0.357 e. The molecule has 0 radical (unpaired) electrons. The summed E-state index contributed by atoms with van der Waals surface area (Å²) in [5.74, 6) is 5.59. The summed E-state index contributed by atoms with van der Waals surface area (Å²) in [6, 6.07) is 6.99. The van der Waals surface area contributed by atoms with Gasteiger partial charge in [-0.15, -0.1) is 0 Å². The highest BCUT2D eigenvalue weighted by molar-refractivity contribution is 5.86. The van der Waals surface area contributed by atoms with Gasteiger partial charge in [-0.05, 0) is 17.7 Å². The third kappa shape index (κ3) is 5.25. The zero-order valence-corrected chi connectivity index (χ0v) is 13.6. The van der Waals surface area contributed by atoms with Gasteiger partial charge in [0.25, 0.3) is 0 Å². The molecule has 2 amide bonds. The summed E-state index contributed by atoms with van der Waals surface area (Å²) in [6.45, 7) is 1.87. The van der Waals surface area contributed by atoms with Crippen LogP contribution < -0.4 is 10.6 Å². The quantitative estimate of drug-likeness (QED) is 0.765. The van der Waals surface area contributed by atoms with Gasteiger partial charge >= 0.3 is 0 Å². The first-order valence-electron chi connectivity index (χ1n) is 7.47. The van der Waals surface area contributed by atoms with E-state index in [1.165, 1.54) is 13.3 Å². The van der Waals surface area contributed by atoms with E-state index in [4.69, 9.17) is 0 Å². The fraction of sp³-hybridized carbons (Fsp3) is 0.294. The van der Waals surface area contributed by atoms with E-state index in [-0.39, 0.29) is 11.8 Å². The van der Waals surface area contributed by atoms with E-state index in [0.717, 1.165) is 11.1 Å². The Morgan fingerprint density at radius 2 is 2.04 bits per heavy atom. The van der Waals surface area contributed by atoms with Crippen LogP contribution in [0.3, 0.4) is 0 Å². The number of nitrogens with one attached hydrogen (secondary N) is 2. The van der Waals surface area contributed by atoms with Gasteiger partial charge in [-0.1, -0.05) is 24.0 Å². The zero-order valence-electron chi connectivity index (χ0n) is 13.6. The van der Waals surface area contributed by atoms with Gasteiger partial charge in [0.05, 0.1) is 0 Å². The summed E-state index contributed by atoms with van der Waals surface area (Å²) in [7, 11) is 1.55. The van der Waals surface area contributed by atoms with Crippen molar-refractivity contribution in [2.24, 2.45) is 0 Å². The highest BCUT2D eigenvalue weighted by Gasteiger charge is 2.18. The van der Waals surface area contributed by atoms with Crippen molar-refractivity contribution >= 4 is 11.8 Å². The lowest BCUT2D eigenvalue weighted by molar-refractivity contribution is -0.127. The van der Waals surface area contributed by atoms with Crippen LogP contribution >= 0.6 is 0 Å². The number of benzene rings is 1. The van der Waals surface area contributed by atoms with Gasteiger partial charge in [0.1, 0.15) is 25.2 Å². The first kappa shape index (κ1) is 17.2. The van der Waals surface area contributed by atoms with E-state index in [0.29, 0.717) is 13.0 Å². The van der Waals surface area contributed by atoms with E-state index >= 15 is 0 Å². The van der Waals surface area contributed by atoms with E-state index in [9.17, 15) is 9.59 Å². The third-order valence-corrected chi connectivity index (χ3v) is 3.27. The second-order valence-corrected chi connectivity index (χ2v) is 5.16. The van der Waals surface area contributed by atoms with E-state index in [2.05, 4.69) is 32.6 Å². The van der Waals surface area contributed by atoms with Crippen molar-refractivity contribution in [2.45, 2.75) is 25.9 Å². The van der Waals surface area contributed by atoms with Crippen molar-refractivity contribution in [2.75, 3.05) is 7.05 Å². The summed E-state index contributed by atoms with van der Waals surface area (Å²) in [5, 5.41) is 9.18. The summed E-state index contributed by atoms with van der Waals surface area (Å²) in [5.41, 5.74) is 1.81. The van der Waals surface area contributed by atoms with Crippen molar-refractivity contribution in [1.82, 2.24) is 25.4 Å². The Morgan fingerprint density at radius 1 is 1.29 bits per heavy atom. The molecule has 0 fully saturated rings. The molecule has 1 aromatic heterocycles. The average Bonchev–Trinajstić information content (AvgIpc) is 3.08. The first-order chi connectivity index (χ1) is 11.6. The Kier molecular flexibility index (Phi) is 6.08. The van der Waals surface area contributed by atoms with Crippen molar-refractivity contribution in [3.63, 3.8) is 0 Å². The SMILES string of the molecule is CNC(=O)C(Cc1ccc(C#CCn2cncn2)cc1)NC(C)=O. The molecule has 0 spiro atoms. The highest BCUT2D eigenvalue weighted by atomic mass is 16.2. The molecule has 1 atom stereocenters. The smallest absolute Gasteiger partial charge is 0.242 e. The molecular formula is C17H19N5O2. The van der Waals surface area contributed by atoms with Gasteiger partial charge in [-0.3, -0.25) is 9.59 Å². The second kappa shape index (κ2) is 8.48. The number of rotatable bonds is 5. The molecule has 0 bridgehead atoms. The van der Waals surface area contributed by atoms with Crippen LogP contribution in [0.15, 0.2) is 36.9 Å². The first-order valence-corrected chi connectivity index (χ1v) is 7.47. The third-order valence-electron chi connectivity index (χ3n) is 3.27. The predicted molar refractivity (Wildman–Crippen MR) is 88.7 cm³/mol. The molecule has 1 unspecified atom stereocenters. The van der Waals surface area contributed by atoms with Crippen molar-refractivity contribution in [3.05, 3.63) is 48.0 Å². The van der Waals surface area contributed by atoms with E-state index in [1.807, 2.05) is 24.3 Å². The minimum Gasteiger partial charge on any atom is -0.357 e. The fourth-order valence-electron chi connectivity index (χ4n) is 2.13. The van der Waals surface area contributed by atoms with Gasteiger partial charge < -0.3 is 10.6 Å². The molecule has 7 heteroatoms. The molecule has 2 aromatic rings. The molecule has 7 nitrogen and oxygen atoms in total. The van der Waals surface area contributed by atoms with Crippen LogP contribution in [0.5, 0.6) is 0 Å². The number of aromatic nitrogens is 3. The Morgan fingerprint density at radius 3 is 2.62 bits per heavy atom. The van der Waals surface area contributed by atoms with Crippen molar-refractivity contribution in [3.8, 4) is 11.8 Å². The summed E-state index contributed by atoms with van der Waals surface area (Å²) in [6.07, 6.45) is 3.50. The van der Waals surface area contributed by atoms with Crippen LogP contribution in [0.25, 0.3) is 0 Å². The molecule has 1 heterocycles. The molecule has 0 aliphatic heterocycles. The Hall–Kier alpha value is -3.14. The van der Waals surface area contributed by atoms with Crippen molar-refractivity contribution in [1.29, 1.82) is 0 Å². The predicted octanol–water partition coefficient (Wildman–Crippen LogP) is 0.123. The van der Waals surface area contributed by atoms with Gasteiger partial charge in [0.2, 0.25) is 11.8 Å². The molecule has 0 aliphatic rings. The van der Waals surface area contributed by atoms with E-state index < -0.39 is 6.04 Å². The zero-order chi connectivity index (χ0) is 17.4. The molecule has 0 saturated carbocycles. The topological polar surface area (TPSA) is 88.9 Å². The summed E-state index contributed by atoms with van der Waals surface area (Å²) in [4.78, 5) is 26.9. The molecular weight excluding hydrogens is 306 g/mol. The maximum Gasteiger partial charge on any atom is 0.242 e. The molecule has 0 aliphatic carbocycles. The Balaban J connectivity index is 1.98. The number of carbonyl (C=O) groups is 2. The lowest BCUT2D eigenvalue weighted by Crippen LogP contribution is -2.46. The maximum absolute atomic E-state index is 11.8. The number of carbonyl (C=O) groups excluding carboxylic acids is 2. The minimum absolute atomic E-state index is 0.220. The normalized spacial score (nSPS) is 11.1.